The number of amides is 2. The number of halogens is 1. The number of nitrogens with zero attached hydrogens (tertiary/aromatic N) is 3. The fourth-order valence-electron chi connectivity index (χ4n) is 5.94. The average molecular weight is 491 g/mol. The van der Waals surface area contributed by atoms with Crippen LogP contribution in [0.4, 0.5) is 4.39 Å². The summed E-state index contributed by atoms with van der Waals surface area (Å²) in [6, 6.07) is 13.9. The minimum absolute atomic E-state index is 0.156. The zero-order chi connectivity index (χ0) is 24.9. The quantitative estimate of drug-likeness (QED) is 0.469. The van der Waals surface area contributed by atoms with Crippen LogP contribution in [0, 0.1) is 5.82 Å². The number of aromatic nitrogens is 2. The third-order valence-corrected chi connectivity index (χ3v) is 7.76. The molecule has 6 nitrogen and oxygen atoms in total. The molecule has 0 bridgehead atoms. The molecule has 2 aromatic carbocycles. The van der Waals surface area contributed by atoms with Gasteiger partial charge < -0.3 is 14.8 Å². The molecule has 0 radical (unpaired) electrons. The lowest BCUT2D eigenvalue weighted by molar-refractivity contribution is -0.138. The minimum atomic E-state index is -0.382. The first-order valence-electron chi connectivity index (χ1n) is 13.4. The molecule has 2 fully saturated rings. The molecule has 0 aliphatic heterocycles. The van der Waals surface area contributed by atoms with Crippen LogP contribution in [0.1, 0.15) is 80.4 Å². The van der Waals surface area contributed by atoms with Crippen LogP contribution in [0.2, 0.25) is 0 Å². The van der Waals surface area contributed by atoms with Crippen molar-refractivity contribution in [1.82, 2.24) is 19.8 Å². The lowest BCUT2D eigenvalue weighted by Gasteiger charge is -2.42. The Morgan fingerprint density at radius 2 is 1.50 bits per heavy atom. The molecule has 5 rings (SSSR count). The number of hydrogen-bond donors (Lipinski definition) is 1. The summed E-state index contributed by atoms with van der Waals surface area (Å²) in [5.74, 6) is 0.119. The number of carbonyl (C=O) groups excluding carboxylic acids is 2. The Balaban J connectivity index is 1.38. The van der Waals surface area contributed by atoms with E-state index in [1.54, 1.807) is 0 Å². The van der Waals surface area contributed by atoms with Crippen molar-refractivity contribution in [1.29, 1.82) is 0 Å². The maximum atomic E-state index is 14.0. The summed E-state index contributed by atoms with van der Waals surface area (Å²) in [7, 11) is 0. The van der Waals surface area contributed by atoms with Gasteiger partial charge in [-0.2, -0.15) is 0 Å². The molecule has 0 atom stereocenters. The van der Waals surface area contributed by atoms with Gasteiger partial charge in [-0.05, 0) is 62.1 Å². The molecule has 190 valence electrons. The molecule has 0 saturated heterocycles. The van der Waals surface area contributed by atoms with E-state index < -0.39 is 0 Å². The van der Waals surface area contributed by atoms with Gasteiger partial charge in [0.25, 0.3) is 5.91 Å². The lowest BCUT2D eigenvalue weighted by Crippen LogP contribution is -2.50. The Bertz CT molecular complexity index is 1180. The number of nitrogens with one attached hydrogen (secondary N) is 1. The summed E-state index contributed by atoms with van der Waals surface area (Å²) in [5.41, 5.74) is 2.08. The van der Waals surface area contributed by atoms with Crippen molar-refractivity contribution >= 4 is 22.8 Å². The third-order valence-electron chi connectivity index (χ3n) is 7.76. The van der Waals surface area contributed by atoms with E-state index >= 15 is 0 Å². The van der Waals surface area contributed by atoms with Crippen molar-refractivity contribution in [2.75, 3.05) is 0 Å². The molecule has 2 aliphatic carbocycles. The lowest BCUT2D eigenvalue weighted by atomic mass is 9.88. The molecule has 2 aliphatic rings. The second-order valence-electron chi connectivity index (χ2n) is 10.2. The van der Waals surface area contributed by atoms with Gasteiger partial charge in [0.05, 0.1) is 17.6 Å². The predicted octanol–water partition coefficient (Wildman–Crippen LogP) is 5.60. The highest BCUT2D eigenvalue weighted by molar-refractivity contribution is 5.94. The molecule has 7 heteroatoms. The first-order chi connectivity index (χ1) is 17.6. The number of rotatable bonds is 7. The number of imidazole rings is 1. The summed E-state index contributed by atoms with van der Waals surface area (Å²) in [6.45, 7) is 0.403. The zero-order valence-corrected chi connectivity index (χ0v) is 20.8. The fourth-order valence-corrected chi connectivity index (χ4v) is 5.94. The predicted molar refractivity (Wildman–Crippen MR) is 138 cm³/mol. The van der Waals surface area contributed by atoms with Crippen molar-refractivity contribution in [3.8, 4) is 0 Å². The second-order valence-corrected chi connectivity index (χ2v) is 10.2. The van der Waals surface area contributed by atoms with E-state index in [4.69, 9.17) is 4.98 Å². The van der Waals surface area contributed by atoms with E-state index in [0.717, 1.165) is 36.7 Å². The van der Waals surface area contributed by atoms with Crippen molar-refractivity contribution in [2.24, 2.45) is 0 Å². The highest BCUT2D eigenvalue weighted by Gasteiger charge is 2.33. The standard InChI is InChI=1S/C29H35FN4O2/c30-22-17-15-21(16-18-22)29(36)31-19-27-32-25-13-7-8-14-26(25)33(27)20-28(35)34(23-9-3-1-4-10-23)24-11-5-2-6-12-24/h7-8,13-18,23-24H,1-6,9-12,19-20H2,(H,31,36). The average Bonchev–Trinajstić information content (AvgIpc) is 3.26. The van der Waals surface area contributed by atoms with Gasteiger partial charge in [0.1, 0.15) is 18.2 Å². The van der Waals surface area contributed by atoms with Gasteiger partial charge in [-0.3, -0.25) is 9.59 Å². The summed E-state index contributed by atoms with van der Waals surface area (Å²) in [4.78, 5) is 33.6. The van der Waals surface area contributed by atoms with Gasteiger partial charge in [-0.25, -0.2) is 9.37 Å². The Morgan fingerprint density at radius 1 is 0.889 bits per heavy atom. The summed E-state index contributed by atoms with van der Waals surface area (Å²) in [6.07, 6.45) is 11.6. The van der Waals surface area contributed by atoms with Gasteiger partial charge in [0.2, 0.25) is 5.91 Å². The SMILES string of the molecule is O=C(NCc1nc2ccccc2n1CC(=O)N(C1CCCCC1)C1CCCCC1)c1ccc(F)cc1. The Labute approximate surface area is 211 Å². The molecule has 1 heterocycles. The first-order valence-corrected chi connectivity index (χ1v) is 13.4. The Kier molecular flexibility index (Phi) is 7.63. The van der Waals surface area contributed by atoms with Crippen LogP contribution in [0.25, 0.3) is 11.0 Å². The van der Waals surface area contributed by atoms with E-state index in [9.17, 15) is 14.0 Å². The van der Waals surface area contributed by atoms with Crippen molar-refractivity contribution in [3.05, 3.63) is 65.7 Å². The molecule has 36 heavy (non-hydrogen) atoms. The Hall–Kier alpha value is -3.22. The van der Waals surface area contributed by atoms with Crippen molar-refractivity contribution in [2.45, 2.75) is 89.4 Å². The molecule has 1 N–H and O–H groups in total. The summed E-state index contributed by atoms with van der Waals surface area (Å²) >= 11 is 0. The minimum Gasteiger partial charge on any atom is -0.345 e. The smallest absolute Gasteiger partial charge is 0.251 e. The highest BCUT2D eigenvalue weighted by atomic mass is 19.1. The maximum absolute atomic E-state index is 14.0. The topological polar surface area (TPSA) is 67.2 Å². The monoisotopic (exact) mass is 490 g/mol. The zero-order valence-electron chi connectivity index (χ0n) is 20.8. The summed E-state index contributed by atoms with van der Waals surface area (Å²) in [5, 5.41) is 2.90. The van der Waals surface area contributed by atoms with Crippen LogP contribution in [-0.2, 0) is 17.9 Å². The number of hydrogen-bond acceptors (Lipinski definition) is 3. The van der Waals surface area contributed by atoms with Crippen LogP contribution < -0.4 is 5.32 Å². The molecule has 3 aromatic rings. The first kappa shape index (κ1) is 24.5. The highest BCUT2D eigenvalue weighted by Crippen LogP contribution is 2.31. The van der Waals surface area contributed by atoms with Crippen LogP contribution >= 0.6 is 0 Å². The number of para-hydroxylation sites is 2. The Morgan fingerprint density at radius 3 is 2.14 bits per heavy atom. The maximum Gasteiger partial charge on any atom is 0.251 e. The molecule has 0 spiro atoms. The molecule has 1 aromatic heterocycles. The van der Waals surface area contributed by atoms with E-state index in [-0.39, 0.29) is 30.7 Å². The van der Waals surface area contributed by atoms with E-state index in [2.05, 4.69) is 10.2 Å². The largest absolute Gasteiger partial charge is 0.345 e. The molecular weight excluding hydrogens is 455 g/mol. The van der Waals surface area contributed by atoms with Crippen LogP contribution in [-0.4, -0.2) is 38.3 Å². The second kappa shape index (κ2) is 11.2. The molecule has 2 amide bonds. The van der Waals surface area contributed by atoms with Gasteiger partial charge in [0.15, 0.2) is 0 Å². The van der Waals surface area contributed by atoms with Crippen LogP contribution in [0.15, 0.2) is 48.5 Å². The molecule has 0 unspecified atom stereocenters. The van der Waals surface area contributed by atoms with Gasteiger partial charge in [-0.1, -0.05) is 50.7 Å². The summed E-state index contributed by atoms with van der Waals surface area (Å²) < 4.78 is 15.2. The number of benzene rings is 2. The fraction of sp³-hybridized carbons (Fsp3) is 0.483. The third kappa shape index (κ3) is 5.45. The van der Waals surface area contributed by atoms with E-state index in [0.29, 0.717) is 23.5 Å². The molecule has 2 saturated carbocycles. The van der Waals surface area contributed by atoms with Crippen molar-refractivity contribution < 1.29 is 14.0 Å². The van der Waals surface area contributed by atoms with Crippen molar-refractivity contribution in [3.63, 3.8) is 0 Å². The van der Waals surface area contributed by atoms with Crippen LogP contribution in [0.3, 0.4) is 0 Å². The van der Waals surface area contributed by atoms with Gasteiger partial charge in [0, 0.05) is 17.6 Å². The normalized spacial score (nSPS) is 17.2. The number of fused-ring (bicyclic) bond motifs is 1. The molecular formula is C29H35FN4O2. The van der Waals surface area contributed by atoms with E-state index in [1.807, 2.05) is 28.8 Å². The van der Waals surface area contributed by atoms with E-state index in [1.165, 1.54) is 62.8 Å². The van der Waals surface area contributed by atoms with Gasteiger partial charge >= 0.3 is 0 Å². The van der Waals surface area contributed by atoms with Gasteiger partial charge in [-0.15, -0.1) is 0 Å². The van der Waals surface area contributed by atoms with Crippen LogP contribution in [0.5, 0.6) is 0 Å². The number of carbonyl (C=O) groups is 2.